The lowest BCUT2D eigenvalue weighted by Gasteiger charge is -2.32. The Balaban J connectivity index is 1.36. The first-order valence-corrected chi connectivity index (χ1v) is 27.5. The number of hydrogen-bond donors (Lipinski definition) is 13. The number of rotatable bonds is 23. The topological polar surface area (TPSA) is 441 Å². The van der Waals surface area contributed by atoms with E-state index in [4.69, 9.17) is 28.7 Å². The van der Waals surface area contributed by atoms with E-state index in [1.807, 2.05) is 0 Å². The maximum Gasteiger partial charge on any atom is 0.246 e. The predicted octanol–water partition coefficient (Wildman–Crippen LogP) is -3.40. The number of carbonyl (C=O) groups is 11. The zero-order chi connectivity index (χ0) is 60.6. The molecule has 2 aliphatic heterocycles. The van der Waals surface area contributed by atoms with Crippen LogP contribution < -0.4 is 65.9 Å². The van der Waals surface area contributed by atoms with Crippen molar-refractivity contribution in [2.75, 3.05) is 33.2 Å². The molecule has 27 nitrogen and oxygen atoms in total. The number of aromatic hydroxyl groups is 1. The summed E-state index contributed by atoms with van der Waals surface area (Å²) in [6, 6.07) is 12.9. The van der Waals surface area contributed by atoms with Crippen molar-refractivity contribution in [3.8, 4) is 5.75 Å². The van der Waals surface area contributed by atoms with Gasteiger partial charge in [-0.3, -0.25) is 57.7 Å². The van der Waals surface area contributed by atoms with Crippen LogP contribution in [0.2, 0.25) is 0 Å². The summed E-state index contributed by atoms with van der Waals surface area (Å²) in [6.07, 6.45) is -0.323. The predicted molar refractivity (Wildman–Crippen MR) is 303 cm³/mol. The van der Waals surface area contributed by atoms with Crippen molar-refractivity contribution in [1.82, 2.24) is 47.0 Å². The van der Waals surface area contributed by atoms with E-state index in [9.17, 15) is 57.8 Å². The fourth-order valence-corrected chi connectivity index (χ4v) is 9.50. The highest BCUT2D eigenvalue weighted by Crippen LogP contribution is 2.21. The number of primary amides is 2. The van der Waals surface area contributed by atoms with Crippen LogP contribution in [0.25, 0.3) is 0 Å². The van der Waals surface area contributed by atoms with Crippen LogP contribution in [0.15, 0.2) is 89.9 Å². The molecule has 0 aromatic heterocycles. The van der Waals surface area contributed by atoms with Gasteiger partial charge in [0, 0.05) is 45.9 Å². The van der Waals surface area contributed by atoms with Crippen molar-refractivity contribution < 1.29 is 57.8 Å². The summed E-state index contributed by atoms with van der Waals surface area (Å²) in [7, 11) is 1.33. The minimum absolute atomic E-state index is 0.0256. The molecule has 2 fully saturated rings. The quantitative estimate of drug-likeness (QED) is 0.0250. The molecule has 11 amide bonds. The van der Waals surface area contributed by atoms with E-state index in [1.165, 1.54) is 19.2 Å². The Bertz CT molecular complexity index is 2780. The molecule has 2 aliphatic rings. The number of benzene rings is 3. The third kappa shape index (κ3) is 21.0. The standard InChI is InChI=1S/C56H77N15O12/c1-70-44(30-34-14-6-3-7-15-34)54(82)69-42(31-46(74)62-25-9-8-16-38(50(78)64-32-47(70)75)65-49(77)37(57)28-35-19-21-36(72)22-20-35)55(83)71-27-11-18-43(71)53(81)67-40(23-24-45(58)73)52(80)66-39(17-10-26-63-56(60)61)51(79)68-41(48(59)76)29-33-12-4-2-5-13-33/h2-7,12-15,19-22,37-44,72H,8-11,16-18,23-32,57H2,1H3,(H2,58,73)(H2,59,76)(H,62,74)(H,64,78)(H,65,77)(H,66,80)(H,67,81)(H,68,79)(H,69,82)(H4,60,61,63)/t37-,38+,39-,40-,41-,42-,43-,44-/m0/s1. The molecule has 0 aliphatic carbocycles. The van der Waals surface area contributed by atoms with Crippen molar-refractivity contribution in [3.05, 3.63) is 102 Å². The molecule has 18 N–H and O–H groups in total. The van der Waals surface area contributed by atoms with Gasteiger partial charge in [0.15, 0.2) is 5.96 Å². The fourth-order valence-electron chi connectivity index (χ4n) is 9.50. The Hall–Kier alpha value is -9.14. The number of phenols is 1. The molecule has 2 heterocycles. The van der Waals surface area contributed by atoms with Crippen LogP contribution in [0.1, 0.15) is 80.9 Å². The first-order chi connectivity index (χ1) is 39.6. The summed E-state index contributed by atoms with van der Waals surface area (Å²) < 4.78 is 0. The summed E-state index contributed by atoms with van der Waals surface area (Å²) in [6.45, 7) is -0.552. The molecular weight excluding hydrogens is 1070 g/mol. The number of nitrogens with two attached hydrogens (primary N) is 5. The average Bonchev–Trinajstić information content (AvgIpc) is 4.09. The first kappa shape index (κ1) is 64.7. The highest BCUT2D eigenvalue weighted by molar-refractivity contribution is 5.99. The van der Waals surface area contributed by atoms with E-state index in [0.29, 0.717) is 16.7 Å². The van der Waals surface area contributed by atoms with Gasteiger partial charge in [0.1, 0.15) is 48.0 Å². The lowest BCUT2D eigenvalue weighted by molar-refractivity contribution is -0.145. The lowest BCUT2D eigenvalue weighted by atomic mass is 10.0. The highest BCUT2D eigenvalue weighted by atomic mass is 16.3. The number of amides is 11. The van der Waals surface area contributed by atoms with Gasteiger partial charge in [-0.05, 0) is 86.6 Å². The molecule has 83 heavy (non-hydrogen) atoms. The van der Waals surface area contributed by atoms with Gasteiger partial charge in [-0.2, -0.15) is 0 Å². The van der Waals surface area contributed by atoms with Gasteiger partial charge in [-0.15, -0.1) is 0 Å². The molecule has 448 valence electrons. The van der Waals surface area contributed by atoms with Gasteiger partial charge in [-0.1, -0.05) is 72.8 Å². The maximum atomic E-state index is 14.8. The summed E-state index contributed by atoms with van der Waals surface area (Å²) in [5.41, 5.74) is 30.3. The SMILES string of the molecule is CN1C(=O)CNC(=O)[C@H](NC(=O)[C@@H](N)Cc2ccc(O)cc2)CCCCNC(=O)C[C@@H](C(=O)N2CCC[C@H]2C(=O)N[C@@H](CCC(N)=O)C(=O)N[C@@H](CCCN=C(N)N)C(=O)N[C@@H](Cc2ccccc2)C(N)=O)NC(=O)[C@@H]1Cc1ccccc1. The third-order valence-electron chi connectivity index (χ3n) is 14.1. The highest BCUT2D eigenvalue weighted by Gasteiger charge is 2.41. The third-order valence-corrected chi connectivity index (χ3v) is 14.1. The molecule has 0 bridgehead atoms. The number of guanidine groups is 1. The van der Waals surface area contributed by atoms with Crippen LogP contribution in [0.3, 0.4) is 0 Å². The van der Waals surface area contributed by atoms with Crippen LogP contribution in [0.5, 0.6) is 5.75 Å². The van der Waals surface area contributed by atoms with E-state index >= 15 is 0 Å². The van der Waals surface area contributed by atoms with Crippen LogP contribution in [0, 0.1) is 0 Å². The monoisotopic (exact) mass is 1150 g/mol. The molecule has 0 saturated carbocycles. The van der Waals surface area contributed by atoms with Gasteiger partial charge >= 0.3 is 0 Å². The number of hydrogen-bond acceptors (Lipinski definition) is 14. The van der Waals surface area contributed by atoms with Crippen molar-refractivity contribution in [2.24, 2.45) is 33.7 Å². The number of nitrogens with one attached hydrogen (secondary N) is 7. The van der Waals surface area contributed by atoms with E-state index in [-0.39, 0.29) is 102 Å². The summed E-state index contributed by atoms with van der Waals surface area (Å²) in [5, 5.41) is 28.1. The summed E-state index contributed by atoms with van der Waals surface area (Å²) >= 11 is 0. The smallest absolute Gasteiger partial charge is 0.246 e. The molecule has 8 atom stereocenters. The number of likely N-dealkylation sites (tertiary alicyclic amines) is 1. The maximum absolute atomic E-state index is 14.8. The Labute approximate surface area is 480 Å². The van der Waals surface area contributed by atoms with Crippen LogP contribution >= 0.6 is 0 Å². The Morgan fingerprint density at radius 3 is 1.98 bits per heavy atom. The molecule has 3 aromatic carbocycles. The molecule has 27 heteroatoms. The largest absolute Gasteiger partial charge is 0.508 e. The van der Waals surface area contributed by atoms with E-state index in [2.05, 4.69) is 42.2 Å². The van der Waals surface area contributed by atoms with Gasteiger partial charge in [0.05, 0.1) is 19.0 Å². The van der Waals surface area contributed by atoms with E-state index < -0.39 is 133 Å². The van der Waals surface area contributed by atoms with Crippen molar-refractivity contribution in [3.63, 3.8) is 0 Å². The van der Waals surface area contributed by atoms with Crippen molar-refractivity contribution in [2.45, 2.75) is 132 Å². The Morgan fingerprint density at radius 1 is 0.711 bits per heavy atom. The Morgan fingerprint density at radius 2 is 1.34 bits per heavy atom. The Kier molecular flexibility index (Phi) is 25.2. The van der Waals surface area contributed by atoms with Crippen molar-refractivity contribution >= 4 is 70.9 Å². The number of nitrogens with zero attached hydrogens (tertiary/aromatic N) is 3. The second kappa shape index (κ2) is 32.3. The minimum atomic E-state index is -1.61. The van der Waals surface area contributed by atoms with Gasteiger partial charge in [0.2, 0.25) is 65.0 Å². The van der Waals surface area contributed by atoms with E-state index in [0.717, 1.165) is 9.80 Å². The normalized spacial score (nSPS) is 19.6. The molecule has 2 saturated heterocycles. The molecular formula is C56H77N15O12. The summed E-state index contributed by atoms with van der Waals surface area (Å²) in [5.74, 6) is -8.92. The van der Waals surface area contributed by atoms with Crippen molar-refractivity contribution in [1.29, 1.82) is 0 Å². The van der Waals surface area contributed by atoms with E-state index in [1.54, 1.807) is 72.8 Å². The number of carbonyl (C=O) groups excluding carboxylic acids is 11. The zero-order valence-corrected chi connectivity index (χ0v) is 46.4. The van der Waals surface area contributed by atoms with Crippen LogP contribution in [0.4, 0.5) is 0 Å². The average molecular weight is 1150 g/mol. The molecule has 3 aromatic rings. The molecule has 0 radical (unpaired) electrons. The van der Waals surface area contributed by atoms with Gasteiger partial charge < -0.3 is 80.8 Å². The second-order valence-electron chi connectivity index (χ2n) is 20.5. The van der Waals surface area contributed by atoms with Crippen LogP contribution in [-0.2, 0) is 72.0 Å². The number of phenolic OH excluding ortho intramolecular Hbond substituents is 1. The lowest BCUT2D eigenvalue weighted by Crippen LogP contribution is -2.60. The minimum Gasteiger partial charge on any atom is -0.508 e. The second-order valence-corrected chi connectivity index (χ2v) is 20.5. The molecule has 5 rings (SSSR count). The first-order valence-electron chi connectivity index (χ1n) is 27.5. The summed E-state index contributed by atoms with van der Waals surface area (Å²) in [4.78, 5) is 157. The van der Waals surface area contributed by atoms with Crippen LogP contribution in [-0.4, -0.2) is 167 Å². The van der Waals surface area contributed by atoms with Gasteiger partial charge in [-0.25, -0.2) is 0 Å². The number of aliphatic imine (C=N–C) groups is 1. The number of likely N-dealkylation sites (N-methyl/N-ethyl adjacent to an activating group) is 1. The molecule has 0 unspecified atom stereocenters. The van der Waals surface area contributed by atoms with Gasteiger partial charge in [0.25, 0.3) is 0 Å². The fraction of sp³-hybridized carbons (Fsp3) is 0.464. The molecule has 0 spiro atoms. The zero-order valence-electron chi connectivity index (χ0n) is 46.4.